The van der Waals surface area contributed by atoms with Gasteiger partial charge in [-0.05, 0) is 52.4 Å². The third-order valence-corrected chi connectivity index (χ3v) is 3.63. The molecule has 4 heteroatoms. The highest BCUT2D eigenvalue weighted by atomic mass is 16.6. The second-order valence-corrected chi connectivity index (χ2v) is 6.81. The largest absolute Gasteiger partial charge is 0.444 e. The average Bonchev–Trinajstić information content (AvgIpc) is 2.53. The molecule has 0 aromatic rings. The first-order chi connectivity index (χ1) is 7.66. The lowest BCUT2D eigenvalue weighted by Crippen LogP contribution is -2.37. The third kappa shape index (κ3) is 2.92. The Hall–Kier alpha value is -0.770. The van der Waals surface area contributed by atoms with Gasteiger partial charge < -0.3 is 14.7 Å². The molecule has 1 saturated carbocycles. The van der Waals surface area contributed by atoms with Crippen molar-refractivity contribution in [3.8, 4) is 0 Å². The number of carbonyl (C=O) groups is 1. The summed E-state index contributed by atoms with van der Waals surface area (Å²) in [5, 5.41) is 9.98. The molecule has 2 atom stereocenters. The number of likely N-dealkylation sites (tertiary alicyclic amines) is 1. The van der Waals surface area contributed by atoms with Crippen molar-refractivity contribution in [3.05, 3.63) is 0 Å². The molecular weight excluding hydrogens is 218 g/mol. The van der Waals surface area contributed by atoms with Crippen molar-refractivity contribution >= 4 is 6.09 Å². The van der Waals surface area contributed by atoms with Gasteiger partial charge in [-0.1, -0.05) is 0 Å². The zero-order valence-electron chi connectivity index (χ0n) is 11.2. The Balaban J connectivity index is 1.91. The molecule has 0 aromatic carbocycles. The second kappa shape index (κ2) is 3.87. The third-order valence-electron chi connectivity index (χ3n) is 3.63. The summed E-state index contributed by atoms with van der Waals surface area (Å²) in [4.78, 5) is 13.7. The first kappa shape index (κ1) is 12.7. The molecule has 98 valence electrons. The van der Waals surface area contributed by atoms with Crippen LogP contribution < -0.4 is 0 Å². The van der Waals surface area contributed by atoms with Crippen LogP contribution in [0.3, 0.4) is 0 Å². The molecule has 1 heterocycles. The van der Waals surface area contributed by atoms with Crippen LogP contribution in [0, 0.1) is 11.8 Å². The molecule has 17 heavy (non-hydrogen) atoms. The van der Waals surface area contributed by atoms with E-state index in [1.807, 2.05) is 27.7 Å². The summed E-state index contributed by atoms with van der Waals surface area (Å²) in [6.45, 7) is 9.00. The van der Waals surface area contributed by atoms with Crippen LogP contribution in [0.15, 0.2) is 0 Å². The molecule has 1 saturated heterocycles. The number of fused-ring (bicyclic) bond motifs is 1. The molecule has 4 nitrogen and oxygen atoms in total. The number of amides is 1. The van der Waals surface area contributed by atoms with Gasteiger partial charge in [0.15, 0.2) is 0 Å². The number of hydrogen-bond donors (Lipinski definition) is 1. The molecule has 0 spiro atoms. The van der Waals surface area contributed by atoms with E-state index in [9.17, 15) is 9.90 Å². The summed E-state index contributed by atoms with van der Waals surface area (Å²) >= 11 is 0. The SMILES string of the molecule is CC1(O)CC2CN(C(=O)OC(C)(C)C)CC2C1. The molecule has 0 radical (unpaired) electrons. The van der Waals surface area contributed by atoms with Gasteiger partial charge in [0.25, 0.3) is 0 Å². The number of ether oxygens (including phenoxy) is 1. The van der Waals surface area contributed by atoms with E-state index in [0.29, 0.717) is 11.8 Å². The van der Waals surface area contributed by atoms with Crippen molar-refractivity contribution in [2.75, 3.05) is 13.1 Å². The van der Waals surface area contributed by atoms with E-state index >= 15 is 0 Å². The maximum Gasteiger partial charge on any atom is 0.410 e. The van der Waals surface area contributed by atoms with Crippen LogP contribution in [0.4, 0.5) is 4.79 Å². The Morgan fingerprint density at radius 2 is 1.76 bits per heavy atom. The van der Waals surface area contributed by atoms with Crippen molar-refractivity contribution in [1.29, 1.82) is 0 Å². The van der Waals surface area contributed by atoms with Gasteiger partial charge >= 0.3 is 6.09 Å². The smallest absolute Gasteiger partial charge is 0.410 e. The number of hydrogen-bond acceptors (Lipinski definition) is 3. The number of aliphatic hydroxyl groups is 1. The van der Waals surface area contributed by atoms with E-state index in [0.717, 1.165) is 25.9 Å². The predicted octanol–water partition coefficient (Wildman–Crippen LogP) is 2.01. The molecule has 0 bridgehead atoms. The van der Waals surface area contributed by atoms with Gasteiger partial charge in [0, 0.05) is 13.1 Å². The monoisotopic (exact) mass is 241 g/mol. The molecule has 2 fully saturated rings. The van der Waals surface area contributed by atoms with Gasteiger partial charge in [0.05, 0.1) is 5.60 Å². The van der Waals surface area contributed by atoms with Gasteiger partial charge in [0.2, 0.25) is 0 Å². The lowest BCUT2D eigenvalue weighted by molar-refractivity contribution is 0.0217. The predicted molar refractivity (Wildman–Crippen MR) is 64.6 cm³/mol. The van der Waals surface area contributed by atoms with E-state index in [2.05, 4.69) is 0 Å². The standard InChI is InChI=1S/C13H23NO3/c1-12(2,3)17-11(15)14-7-9-5-13(4,16)6-10(9)8-14/h9-10,16H,5-8H2,1-4H3. The lowest BCUT2D eigenvalue weighted by Gasteiger charge is -2.26. The molecule has 2 unspecified atom stereocenters. The van der Waals surface area contributed by atoms with Gasteiger partial charge in [-0.25, -0.2) is 4.79 Å². The highest BCUT2D eigenvalue weighted by Crippen LogP contribution is 2.43. The van der Waals surface area contributed by atoms with Crippen LogP contribution in [0.25, 0.3) is 0 Å². The molecule has 1 aliphatic carbocycles. The fraction of sp³-hybridized carbons (Fsp3) is 0.923. The van der Waals surface area contributed by atoms with Gasteiger partial charge in [-0.3, -0.25) is 0 Å². The van der Waals surface area contributed by atoms with Gasteiger partial charge in [-0.15, -0.1) is 0 Å². The molecule has 2 rings (SSSR count). The summed E-state index contributed by atoms with van der Waals surface area (Å²) in [7, 11) is 0. The summed E-state index contributed by atoms with van der Waals surface area (Å²) in [5.74, 6) is 0.884. The molecule has 1 amide bonds. The minimum absolute atomic E-state index is 0.216. The van der Waals surface area contributed by atoms with Gasteiger partial charge in [0.1, 0.15) is 5.60 Å². The number of nitrogens with zero attached hydrogens (tertiary/aromatic N) is 1. The first-order valence-electron chi connectivity index (χ1n) is 6.37. The van der Waals surface area contributed by atoms with Crippen LogP contribution in [-0.2, 0) is 4.74 Å². The van der Waals surface area contributed by atoms with Crippen molar-refractivity contribution in [1.82, 2.24) is 4.90 Å². The van der Waals surface area contributed by atoms with Gasteiger partial charge in [-0.2, -0.15) is 0 Å². The lowest BCUT2D eigenvalue weighted by atomic mass is 10.0. The highest BCUT2D eigenvalue weighted by Gasteiger charge is 2.47. The molecule has 1 aliphatic heterocycles. The quantitative estimate of drug-likeness (QED) is 0.706. The Morgan fingerprint density at radius 3 is 2.18 bits per heavy atom. The minimum atomic E-state index is -0.532. The van der Waals surface area contributed by atoms with Crippen LogP contribution in [0.2, 0.25) is 0 Å². The van der Waals surface area contributed by atoms with Crippen LogP contribution in [-0.4, -0.2) is 40.4 Å². The number of rotatable bonds is 0. The Bertz CT molecular complexity index is 303. The van der Waals surface area contributed by atoms with Crippen LogP contribution >= 0.6 is 0 Å². The highest BCUT2D eigenvalue weighted by molar-refractivity contribution is 5.68. The molecule has 1 N–H and O–H groups in total. The topological polar surface area (TPSA) is 49.8 Å². The molecule has 2 aliphatic rings. The average molecular weight is 241 g/mol. The van der Waals surface area contributed by atoms with E-state index in [-0.39, 0.29) is 6.09 Å². The van der Waals surface area contributed by atoms with Crippen molar-refractivity contribution in [2.45, 2.75) is 51.7 Å². The van der Waals surface area contributed by atoms with Crippen molar-refractivity contribution < 1.29 is 14.6 Å². The molecule has 0 aromatic heterocycles. The van der Waals surface area contributed by atoms with E-state index in [1.54, 1.807) is 4.90 Å². The van der Waals surface area contributed by atoms with Crippen LogP contribution in [0.1, 0.15) is 40.5 Å². The second-order valence-electron chi connectivity index (χ2n) is 6.81. The Kier molecular flexibility index (Phi) is 2.89. The van der Waals surface area contributed by atoms with E-state index in [1.165, 1.54) is 0 Å². The molecular formula is C13H23NO3. The minimum Gasteiger partial charge on any atom is -0.444 e. The summed E-state index contributed by atoms with van der Waals surface area (Å²) in [5.41, 5.74) is -0.963. The summed E-state index contributed by atoms with van der Waals surface area (Å²) in [6.07, 6.45) is 1.39. The zero-order chi connectivity index (χ0) is 12.8. The summed E-state index contributed by atoms with van der Waals surface area (Å²) in [6, 6.07) is 0. The van der Waals surface area contributed by atoms with Crippen molar-refractivity contribution in [3.63, 3.8) is 0 Å². The maximum absolute atomic E-state index is 11.9. The normalized spacial score (nSPS) is 37.1. The fourth-order valence-electron chi connectivity index (χ4n) is 3.09. The number of carbonyl (C=O) groups excluding carboxylic acids is 1. The van der Waals surface area contributed by atoms with E-state index in [4.69, 9.17) is 4.74 Å². The zero-order valence-corrected chi connectivity index (χ0v) is 11.2. The Morgan fingerprint density at radius 1 is 1.29 bits per heavy atom. The maximum atomic E-state index is 11.9. The van der Waals surface area contributed by atoms with Crippen molar-refractivity contribution in [2.24, 2.45) is 11.8 Å². The fourth-order valence-corrected chi connectivity index (χ4v) is 3.09. The van der Waals surface area contributed by atoms with E-state index < -0.39 is 11.2 Å². The Labute approximate surface area is 103 Å². The first-order valence-corrected chi connectivity index (χ1v) is 6.37. The summed E-state index contributed by atoms with van der Waals surface area (Å²) < 4.78 is 5.36. The van der Waals surface area contributed by atoms with Crippen LogP contribution in [0.5, 0.6) is 0 Å².